The molecule has 0 spiro atoms. The Morgan fingerprint density at radius 1 is 1.24 bits per heavy atom. The molecular formula is C19H33N3O3. The second-order valence-corrected chi connectivity index (χ2v) is 9.10. The van der Waals surface area contributed by atoms with Gasteiger partial charge in [-0.25, -0.2) is 4.79 Å². The number of hydrogen-bond donors (Lipinski definition) is 2. The van der Waals surface area contributed by atoms with Crippen LogP contribution in [0.5, 0.6) is 0 Å². The van der Waals surface area contributed by atoms with Crippen molar-refractivity contribution in [1.29, 1.82) is 0 Å². The SMILES string of the molecule is CC1CCCN(C(C)(C)CNC(=O)N2C[C@@H]3CCC[C@@]3(C(=O)O)C2)C1. The number of aliphatic carboxylic acids is 1. The van der Waals surface area contributed by atoms with Crippen molar-refractivity contribution in [2.75, 3.05) is 32.7 Å². The predicted octanol–water partition coefficient (Wildman–Crippen LogP) is 2.39. The Kier molecular flexibility index (Phi) is 5.02. The fourth-order valence-corrected chi connectivity index (χ4v) is 5.05. The Balaban J connectivity index is 1.55. The van der Waals surface area contributed by atoms with Crippen molar-refractivity contribution in [2.24, 2.45) is 17.3 Å². The van der Waals surface area contributed by atoms with E-state index in [1.165, 1.54) is 12.8 Å². The van der Waals surface area contributed by atoms with Crippen LogP contribution in [0.1, 0.15) is 52.9 Å². The highest BCUT2D eigenvalue weighted by atomic mass is 16.4. The van der Waals surface area contributed by atoms with Crippen molar-refractivity contribution in [3.8, 4) is 0 Å². The largest absolute Gasteiger partial charge is 0.481 e. The van der Waals surface area contributed by atoms with Gasteiger partial charge in [-0.05, 0) is 57.9 Å². The van der Waals surface area contributed by atoms with E-state index in [-0.39, 0.29) is 17.5 Å². The minimum absolute atomic E-state index is 0.0789. The monoisotopic (exact) mass is 351 g/mol. The lowest BCUT2D eigenvalue weighted by Crippen LogP contribution is -2.56. The van der Waals surface area contributed by atoms with E-state index in [4.69, 9.17) is 0 Å². The molecule has 2 N–H and O–H groups in total. The van der Waals surface area contributed by atoms with Gasteiger partial charge in [0.2, 0.25) is 0 Å². The average Bonchev–Trinajstić information content (AvgIpc) is 3.11. The molecule has 1 aliphatic carbocycles. The van der Waals surface area contributed by atoms with Crippen molar-refractivity contribution in [3.05, 3.63) is 0 Å². The normalized spacial score (nSPS) is 33.3. The van der Waals surface area contributed by atoms with Crippen LogP contribution in [0.3, 0.4) is 0 Å². The third-order valence-corrected chi connectivity index (χ3v) is 6.77. The molecule has 2 aliphatic heterocycles. The number of carbonyl (C=O) groups is 2. The van der Waals surface area contributed by atoms with Gasteiger partial charge >= 0.3 is 12.0 Å². The first-order valence-electron chi connectivity index (χ1n) is 9.76. The van der Waals surface area contributed by atoms with E-state index in [2.05, 4.69) is 31.0 Å². The van der Waals surface area contributed by atoms with Gasteiger partial charge in [0.05, 0.1) is 5.41 Å². The number of urea groups is 1. The van der Waals surface area contributed by atoms with E-state index in [9.17, 15) is 14.7 Å². The minimum Gasteiger partial charge on any atom is -0.481 e. The zero-order chi connectivity index (χ0) is 18.2. The maximum absolute atomic E-state index is 12.6. The number of hydrogen-bond acceptors (Lipinski definition) is 3. The van der Waals surface area contributed by atoms with Gasteiger partial charge < -0.3 is 15.3 Å². The molecule has 142 valence electrons. The van der Waals surface area contributed by atoms with Crippen LogP contribution in [0.4, 0.5) is 4.79 Å². The summed E-state index contributed by atoms with van der Waals surface area (Å²) in [6, 6.07) is -0.104. The zero-order valence-corrected chi connectivity index (χ0v) is 15.9. The Morgan fingerprint density at radius 3 is 2.64 bits per heavy atom. The van der Waals surface area contributed by atoms with E-state index < -0.39 is 11.4 Å². The molecule has 2 amide bonds. The number of likely N-dealkylation sites (tertiary alicyclic amines) is 2. The molecule has 3 atom stereocenters. The molecule has 25 heavy (non-hydrogen) atoms. The first-order valence-corrected chi connectivity index (χ1v) is 9.76. The topological polar surface area (TPSA) is 72.9 Å². The molecule has 6 heteroatoms. The molecule has 1 saturated carbocycles. The summed E-state index contributed by atoms with van der Waals surface area (Å²) in [5, 5.41) is 12.7. The number of carboxylic acids is 1. The fraction of sp³-hybridized carbons (Fsp3) is 0.895. The summed E-state index contributed by atoms with van der Waals surface area (Å²) in [7, 11) is 0. The molecule has 0 radical (unpaired) electrons. The van der Waals surface area contributed by atoms with E-state index in [1.807, 2.05) is 0 Å². The Morgan fingerprint density at radius 2 is 2.00 bits per heavy atom. The molecule has 0 aromatic rings. The lowest BCUT2D eigenvalue weighted by Gasteiger charge is -2.43. The lowest BCUT2D eigenvalue weighted by molar-refractivity contribution is -0.149. The number of amides is 2. The molecule has 3 fully saturated rings. The quantitative estimate of drug-likeness (QED) is 0.816. The van der Waals surface area contributed by atoms with Gasteiger partial charge in [0.15, 0.2) is 0 Å². The molecule has 3 aliphatic rings. The first-order chi connectivity index (χ1) is 11.7. The van der Waals surface area contributed by atoms with Crippen LogP contribution in [0.15, 0.2) is 0 Å². The average molecular weight is 351 g/mol. The van der Waals surface area contributed by atoms with Gasteiger partial charge in [0, 0.05) is 31.7 Å². The summed E-state index contributed by atoms with van der Waals surface area (Å²) < 4.78 is 0. The number of fused-ring (bicyclic) bond motifs is 1. The van der Waals surface area contributed by atoms with Crippen molar-refractivity contribution < 1.29 is 14.7 Å². The van der Waals surface area contributed by atoms with E-state index in [1.54, 1.807) is 4.90 Å². The van der Waals surface area contributed by atoms with Gasteiger partial charge in [0.25, 0.3) is 0 Å². The summed E-state index contributed by atoms with van der Waals surface area (Å²) in [6.07, 6.45) is 5.09. The number of carbonyl (C=O) groups excluding carboxylic acids is 1. The smallest absolute Gasteiger partial charge is 0.317 e. The van der Waals surface area contributed by atoms with E-state index in [0.29, 0.717) is 32.0 Å². The highest BCUT2D eigenvalue weighted by molar-refractivity contribution is 5.80. The van der Waals surface area contributed by atoms with Gasteiger partial charge in [-0.2, -0.15) is 0 Å². The van der Waals surface area contributed by atoms with E-state index >= 15 is 0 Å². The van der Waals surface area contributed by atoms with Crippen LogP contribution in [-0.2, 0) is 4.79 Å². The maximum Gasteiger partial charge on any atom is 0.317 e. The molecule has 1 unspecified atom stereocenters. The van der Waals surface area contributed by atoms with Crippen molar-refractivity contribution >= 4 is 12.0 Å². The Bertz CT molecular complexity index is 536. The van der Waals surface area contributed by atoms with Crippen molar-refractivity contribution in [2.45, 2.75) is 58.4 Å². The molecule has 6 nitrogen and oxygen atoms in total. The van der Waals surface area contributed by atoms with Gasteiger partial charge in [0.1, 0.15) is 0 Å². The van der Waals surface area contributed by atoms with Crippen molar-refractivity contribution in [3.63, 3.8) is 0 Å². The number of carboxylic acid groups (broad SMARTS) is 1. The zero-order valence-electron chi connectivity index (χ0n) is 15.9. The van der Waals surface area contributed by atoms with Crippen molar-refractivity contribution in [1.82, 2.24) is 15.1 Å². The number of rotatable bonds is 4. The second-order valence-electron chi connectivity index (χ2n) is 9.10. The van der Waals surface area contributed by atoms with Crippen LogP contribution in [0.2, 0.25) is 0 Å². The standard InChI is InChI=1S/C19H33N3O3/c1-14-6-5-9-22(10-14)18(2,3)12-20-17(25)21-11-15-7-4-8-19(15,13-21)16(23)24/h14-15H,4-13H2,1-3H3,(H,20,25)(H,23,24)/t14?,15-,19+/m0/s1. The Labute approximate surface area is 150 Å². The molecule has 2 heterocycles. The first kappa shape index (κ1) is 18.5. The fourth-order valence-electron chi connectivity index (χ4n) is 5.05. The molecule has 0 aromatic heterocycles. The summed E-state index contributed by atoms with van der Waals surface area (Å²) in [4.78, 5) is 28.6. The lowest BCUT2D eigenvalue weighted by atomic mass is 9.81. The third kappa shape index (κ3) is 3.50. The number of nitrogens with one attached hydrogen (secondary N) is 1. The Hall–Kier alpha value is -1.30. The van der Waals surface area contributed by atoms with Crippen LogP contribution >= 0.6 is 0 Å². The van der Waals surface area contributed by atoms with Gasteiger partial charge in [-0.3, -0.25) is 9.69 Å². The van der Waals surface area contributed by atoms with Crippen LogP contribution in [0.25, 0.3) is 0 Å². The molecule has 0 aromatic carbocycles. The number of piperidine rings is 1. The minimum atomic E-state index is -0.729. The highest BCUT2D eigenvalue weighted by Crippen LogP contribution is 2.48. The van der Waals surface area contributed by atoms with Crippen LogP contribution in [-0.4, -0.2) is 65.2 Å². The number of nitrogens with zero attached hydrogens (tertiary/aromatic N) is 2. The molecule has 0 bridgehead atoms. The van der Waals surface area contributed by atoms with Gasteiger partial charge in [-0.1, -0.05) is 13.3 Å². The predicted molar refractivity (Wildman–Crippen MR) is 96.4 cm³/mol. The maximum atomic E-state index is 12.6. The molecule has 2 saturated heterocycles. The highest BCUT2D eigenvalue weighted by Gasteiger charge is 2.55. The second kappa shape index (κ2) is 6.78. The third-order valence-electron chi connectivity index (χ3n) is 6.77. The van der Waals surface area contributed by atoms with Crippen LogP contribution < -0.4 is 5.32 Å². The van der Waals surface area contributed by atoms with E-state index in [0.717, 1.165) is 25.9 Å². The summed E-state index contributed by atoms with van der Waals surface area (Å²) in [6.45, 7) is 10.4. The molecule has 3 rings (SSSR count). The summed E-state index contributed by atoms with van der Waals surface area (Å²) in [5.41, 5.74) is -0.778. The van der Waals surface area contributed by atoms with Gasteiger partial charge in [-0.15, -0.1) is 0 Å². The van der Waals surface area contributed by atoms with Crippen LogP contribution in [0, 0.1) is 17.3 Å². The summed E-state index contributed by atoms with van der Waals surface area (Å²) in [5.74, 6) is 0.0942. The summed E-state index contributed by atoms with van der Waals surface area (Å²) >= 11 is 0. The molecular weight excluding hydrogens is 318 g/mol.